The minimum atomic E-state index is -0.184. The van der Waals surface area contributed by atoms with E-state index in [1.54, 1.807) is 29.3 Å². The SMILES string of the molecule is COc1csc(C(N)c2c(Br)cnn2C)c1. The van der Waals surface area contributed by atoms with Crippen molar-refractivity contribution in [1.29, 1.82) is 0 Å². The predicted octanol–water partition coefficient (Wildman–Crippen LogP) is 2.30. The van der Waals surface area contributed by atoms with Gasteiger partial charge in [0.1, 0.15) is 5.75 Å². The molecular weight excluding hydrogens is 290 g/mol. The lowest BCUT2D eigenvalue weighted by molar-refractivity contribution is 0.416. The first-order valence-electron chi connectivity index (χ1n) is 4.69. The largest absolute Gasteiger partial charge is 0.496 e. The van der Waals surface area contributed by atoms with Crippen molar-refractivity contribution in [2.24, 2.45) is 12.8 Å². The van der Waals surface area contributed by atoms with E-state index in [9.17, 15) is 0 Å². The van der Waals surface area contributed by atoms with Gasteiger partial charge in [-0.15, -0.1) is 11.3 Å². The van der Waals surface area contributed by atoms with Crippen LogP contribution in [0.3, 0.4) is 0 Å². The molecule has 0 saturated heterocycles. The summed E-state index contributed by atoms with van der Waals surface area (Å²) < 4.78 is 7.85. The van der Waals surface area contributed by atoms with E-state index >= 15 is 0 Å². The molecule has 0 amide bonds. The Morgan fingerprint density at radius 1 is 1.62 bits per heavy atom. The molecule has 0 spiro atoms. The number of halogens is 1. The standard InChI is InChI=1S/C10H12BrN3OS/c1-14-10(7(11)4-13-14)9(12)8-3-6(15-2)5-16-8/h3-5,9H,12H2,1-2H3. The number of rotatable bonds is 3. The fraction of sp³-hybridized carbons (Fsp3) is 0.300. The molecule has 2 aromatic rings. The van der Waals surface area contributed by atoms with Crippen molar-refractivity contribution in [3.05, 3.63) is 32.7 Å². The second-order valence-corrected chi connectivity index (χ2v) is 5.17. The Kier molecular flexibility index (Phi) is 3.32. The van der Waals surface area contributed by atoms with Crippen LogP contribution in [0.5, 0.6) is 5.75 Å². The molecule has 0 fully saturated rings. The summed E-state index contributed by atoms with van der Waals surface area (Å²) in [6.45, 7) is 0. The van der Waals surface area contributed by atoms with Crippen LogP contribution >= 0.6 is 27.3 Å². The molecule has 1 atom stereocenters. The van der Waals surface area contributed by atoms with E-state index in [4.69, 9.17) is 10.5 Å². The molecule has 2 N–H and O–H groups in total. The normalized spacial score (nSPS) is 12.8. The molecule has 0 saturated carbocycles. The Labute approximate surface area is 106 Å². The van der Waals surface area contributed by atoms with Crippen LogP contribution < -0.4 is 10.5 Å². The summed E-state index contributed by atoms with van der Waals surface area (Å²) >= 11 is 5.03. The number of ether oxygens (including phenoxy) is 1. The molecule has 0 aliphatic heterocycles. The van der Waals surface area contributed by atoms with Gasteiger partial charge in [0, 0.05) is 17.3 Å². The Balaban J connectivity index is 2.34. The summed E-state index contributed by atoms with van der Waals surface area (Å²) in [5, 5.41) is 6.10. The molecule has 0 aliphatic rings. The maximum Gasteiger partial charge on any atom is 0.129 e. The first kappa shape index (κ1) is 11.6. The van der Waals surface area contributed by atoms with E-state index in [-0.39, 0.29) is 6.04 Å². The topological polar surface area (TPSA) is 53.1 Å². The minimum Gasteiger partial charge on any atom is -0.496 e. The Morgan fingerprint density at radius 2 is 2.38 bits per heavy atom. The van der Waals surface area contributed by atoms with Crippen molar-refractivity contribution in [2.75, 3.05) is 7.11 Å². The van der Waals surface area contributed by atoms with Crippen molar-refractivity contribution in [1.82, 2.24) is 9.78 Å². The summed E-state index contributed by atoms with van der Waals surface area (Å²) in [7, 11) is 3.53. The predicted molar refractivity (Wildman–Crippen MR) is 67.8 cm³/mol. The highest BCUT2D eigenvalue weighted by Crippen LogP contribution is 2.32. The van der Waals surface area contributed by atoms with Gasteiger partial charge in [0.2, 0.25) is 0 Å². The first-order chi connectivity index (χ1) is 7.63. The van der Waals surface area contributed by atoms with Crippen LogP contribution in [0.1, 0.15) is 16.6 Å². The van der Waals surface area contributed by atoms with Crippen LogP contribution in [0.2, 0.25) is 0 Å². The second-order valence-electron chi connectivity index (χ2n) is 3.37. The van der Waals surface area contributed by atoms with Gasteiger partial charge in [-0.2, -0.15) is 5.10 Å². The molecule has 0 bridgehead atoms. The van der Waals surface area contributed by atoms with Gasteiger partial charge < -0.3 is 10.5 Å². The van der Waals surface area contributed by atoms with Crippen molar-refractivity contribution in [3.63, 3.8) is 0 Å². The molecule has 2 aromatic heterocycles. The number of methoxy groups -OCH3 is 1. The molecule has 16 heavy (non-hydrogen) atoms. The zero-order chi connectivity index (χ0) is 11.7. The van der Waals surface area contributed by atoms with Gasteiger partial charge in [0.25, 0.3) is 0 Å². The van der Waals surface area contributed by atoms with Gasteiger partial charge in [-0.1, -0.05) is 0 Å². The highest BCUT2D eigenvalue weighted by Gasteiger charge is 2.18. The molecule has 4 nitrogen and oxygen atoms in total. The fourth-order valence-corrected chi connectivity index (χ4v) is 2.96. The van der Waals surface area contributed by atoms with Gasteiger partial charge >= 0.3 is 0 Å². The summed E-state index contributed by atoms with van der Waals surface area (Å²) in [5.74, 6) is 0.841. The fourth-order valence-electron chi connectivity index (χ4n) is 1.51. The van der Waals surface area contributed by atoms with Crippen LogP contribution in [-0.2, 0) is 7.05 Å². The lowest BCUT2D eigenvalue weighted by atomic mass is 10.2. The lowest BCUT2D eigenvalue weighted by Gasteiger charge is -2.10. The Bertz CT molecular complexity index is 474. The average molecular weight is 302 g/mol. The van der Waals surface area contributed by atoms with E-state index in [1.165, 1.54) is 0 Å². The molecular formula is C10H12BrN3OS. The first-order valence-corrected chi connectivity index (χ1v) is 6.36. The van der Waals surface area contributed by atoms with Crippen LogP contribution in [0.15, 0.2) is 22.1 Å². The number of aromatic nitrogens is 2. The third-order valence-electron chi connectivity index (χ3n) is 2.37. The van der Waals surface area contributed by atoms with Crippen LogP contribution in [0.25, 0.3) is 0 Å². The van der Waals surface area contributed by atoms with Crippen molar-refractivity contribution < 1.29 is 4.74 Å². The monoisotopic (exact) mass is 301 g/mol. The molecule has 6 heteroatoms. The summed E-state index contributed by atoms with van der Waals surface area (Å²) in [6.07, 6.45) is 1.75. The smallest absolute Gasteiger partial charge is 0.129 e. The van der Waals surface area contributed by atoms with Crippen LogP contribution in [-0.4, -0.2) is 16.9 Å². The van der Waals surface area contributed by atoms with Crippen molar-refractivity contribution in [3.8, 4) is 5.75 Å². The summed E-state index contributed by atoms with van der Waals surface area (Å²) in [4.78, 5) is 1.06. The van der Waals surface area contributed by atoms with E-state index in [0.29, 0.717) is 0 Å². The Hall–Kier alpha value is -0.850. The van der Waals surface area contributed by atoms with Gasteiger partial charge in [-0.05, 0) is 22.0 Å². The van der Waals surface area contributed by atoms with E-state index in [2.05, 4.69) is 21.0 Å². The number of nitrogens with zero attached hydrogens (tertiary/aromatic N) is 2. The molecule has 2 rings (SSSR count). The molecule has 0 aromatic carbocycles. The van der Waals surface area contributed by atoms with E-state index < -0.39 is 0 Å². The van der Waals surface area contributed by atoms with Gasteiger partial charge in [0.05, 0.1) is 29.5 Å². The van der Waals surface area contributed by atoms with Crippen LogP contribution in [0.4, 0.5) is 0 Å². The van der Waals surface area contributed by atoms with Gasteiger partial charge in [-0.25, -0.2) is 0 Å². The van der Waals surface area contributed by atoms with Crippen molar-refractivity contribution in [2.45, 2.75) is 6.04 Å². The third kappa shape index (κ3) is 2.00. The number of hydrogen-bond donors (Lipinski definition) is 1. The lowest BCUT2D eigenvalue weighted by Crippen LogP contribution is -2.15. The van der Waals surface area contributed by atoms with Gasteiger partial charge in [0.15, 0.2) is 0 Å². The highest BCUT2D eigenvalue weighted by atomic mass is 79.9. The zero-order valence-corrected chi connectivity index (χ0v) is 11.4. The van der Waals surface area contributed by atoms with E-state index in [0.717, 1.165) is 20.8 Å². The highest BCUT2D eigenvalue weighted by molar-refractivity contribution is 9.10. The number of aryl methyl sites for hydroxylation is 1. The number of hydrogen-bond acceptors (Lipinski definition) is 4. The van der Waals surface area contributed by atoms with Crippen molar-refractivity contribution >= 4 is 27.3 Å². The number of thiophene rings is 1. The third-order valence-corrected chi connectivity index (χ3v) is 3.98. The summed E-state index contributed by atoms with van der Waals surface area (Å²) in [5.41, 5.74) is 7.16. The molecule has 2 heterocycles. The average Bonchev–Trinajstić information content (AvgIpc) is 2.85. The molecule has 0 aliphatic carbocycles. The zero-order valence-electron chi connectivity index (χ0n) is 8.98. The number of nitrogens with two attached hydrogens (primary N) is 1. The maximum atomic E-state index is 6.19. The summed E-state index contributed by atoms with van der Waals surface area (Å²) in [6, 6.07) is 1.77. The molecule has 0 radical (unpaired) electrons. The minimum absolute atomic E-state index is 0.184. The van der Waals surface area contributed by atoms with E-state index in [1.807, 2.05) is 18.5 Å². The molecule has 1 unspecified atom stereocenters. The second kappa shape index (κ2) is 4.57. The van der Waals surface area contributed by atoms with Gasteiger partial charge in [-0.3, -0.25) is 4.68 Å². The quantitative estimate of drug-likeness (QED) is 0.946. The Morgan fingerprint density at radius 3 is 2.88 bits per heavy atom. The maximum absolute atomic E-state index is 6.19. The molecule has 86 valence electrons. The van der Waals surface area contributed by atoms with Crippen LogP contribution in [0, 0.1) is 0 Å².